The van der Waals surface area contributed by atoms with E-state index in [1.165, 1.54) is 16.8 Å². The molecule has 25 heavy (non-hydrogen) atoms. The molecule has 0 radical (unpaired) electrons. The van der Waals surface area contributed by atoms with E-state index in [2.05, 4.69) is 81.2 Å². The lowest BCUT2D eigenvalue weighted by Crippen LogP contribution is -2.30. The Morgan fingerprint density at radius 1 is 0.800 bits per heavy atom. The van der Waals surface area contributed by atoms with Gasteiger partial charge in [0.25, 0.3) is 0 Å². The van der Waals surface area contributed by atoms with E-state index in [1.54, 1.807) is 0 Å². The maximum Gasteiger partial charge on any atom is 0.0444 e. The highest BCUT2D eigenvalue weighted by molar-refractivity contribution is 9.10. The van der Waals surface area contributed by atoms with E-state index in [-0.39, 0.29) is 0 Å². The van der Waals surface area contributed by atoms with Crippen LogP contribution < -0.4 is 4.90 Å². The monoisotopic (exact) mass is 387 g/mol. The lowest BCUT2D eigenvalue weighted by Gasteiger charge is -2.31. The molecule has 0 N–H and O–H groups in total. The second-order valence-electron chi connectivity index (χ2n) is 6.21. The summed E-state index contributed by atoms with van der Waals surface area (Å²) in [5.74, 6) is 6.69. The standard InChI is InChI=1S/C23H18BrN/c24-21-13-10-18(11-14-21)9-12-19-5-4-6-20-15-16-25(17-23(19)20)22-7-2-1-3-8-22/h1-8,10-11,13-14H,15-17H2. The quantitative estimate of drug-likeness (QED) is 0.504. The number of halogens is 1. The van der Waals surface area contributed by atoms with Gasteiger partial charge in [-0.3, -0.25) is 0 Å². The molecule has 2 heteroatoms. The van der Waals surface area contributed by atoms with Crippen LogP contribution in [0.2, 0.25) is 0 Å². The topological polar surface area (TPSA) is 3.24 Å². The number of hydrogen-bond donors (Lipinski definition) is 0. The Labute approximate surface area is 157 Å². The first-order valence-corrected chi connectivity index (χ1v) is 9.27. The average molecular weight is 388 g/mol. The number of nitrogens with zero attached hydrogens (tertiary/aromatic N) is 1. The number of benzene rings is 3. The molecule has 0 unspecified atom stereocenters. The Bertz CT molecular complexity index is 933. The Morgan fingerprint density at radius 3 is 2.40 bits per heavy atom. The van der Waals surface area contributed by atoms with Crippen molar-refractivity contribution in [2.75, 3.05) is 11.4 Å². The third-order valence-corrected chi connectivity index (χ3v) is 5.11. The van der Waals surface area contributed by atoms with Crippen molar-refractivity contribution in [2.45, 2.75) is 13.0 Å². The average Bonchev–Trinajstić information content (AvgIpc) is 2.68. The third kappa shape index (κ3) is 3.62. The van der Waals surface area contributed by atoms with Gasteiger partial charge in [0.05, 0.1) is 0 Å². The Balaban J connectivity index is 1.65. The van der Waals surface area contributed by atoms with Crippen LogP contribution in [0.4, 0.5) is 5.69 Å². The minimum absolute atomic E-state index is 0.921. The largest absolute Gasteiger partial charge is 0.367 e. The second kappa shape index (κ2) is 7.17. The summed E-state index contributed by atoms with van der Waals surface area (Å²) in [4.78, 5) is 2.44. The van der Waals surface area contributed by atoms with Crippen molar-refractivity contribution >= 4 is 21.6 Å². The Morgan fingerprint density at radius 2 is 1.60 bits per heavy atom. The summed E-state index contributed by atoms with van der Waals surface area (Å²) in [6.07, 6.45) is 1.07. The molecule has 0 aliphatic carbocycles. The fourth-order valence-electron chi connectivity index (χ4n) is 3.23. The molecule has 1 aliphatic heterocycles. The van der Waals surface area contributed by atoms with Crippen LogP contribution in [0.5, 0.6) is 0 Å². The van der Waals surface area contributed by atoms with Crippen LogP contribution in [0.1, 0.15) is 22.3 Å². The SMILES string of the molecule is Brc1ccc(C#Cc2cccc3c2CN(c2ccccc2)CC3)cc1. The van der Waals surface area contributed by atoms with Crippen LogP contribution in [0.15, 0.2) is 77.3 Å². The number of hydrogen-bond acceptors (Lipinski definition) is 1. The molecule has 1 heterocycles. The van der Waals surface area contributed by atoms with Gasteiger partial charge in [0.15, 0.2) is 0 Å². The molecule has 1 nitrogen and oxygen atoms in total. The normalized spacial score (nSPS) is 12.9. The van der Waals surface area contributed by atoms with Crippen LogP contribution >= 0.6 is 15.9 Å². The molecule has 0 saturated carbocycles. The zero-order chi connectivity index (χ0) is 17.1. The van der Waals surface area contributed by atoms with Crippen LogP contribution in [0.25, 0.3) is 0 Å². The van der Waals surface area contributed by atoms with Gasteiger partial charge in [-0.1, -0.05) is 58.1 Å². The van der Waals surface area contributed by atoms with Gasteiger partial charge in [0.2, 0.25) is 0 Å². The molecule has 0 amide bonds. The van der Waals surface area contributed by atoms with Crippen molar-refractivity contribution in [2.24, 2.45) is 0 Å². The minimum atomic E-state index is 0.921. The van der Waals surface area contributed by atoms with Crippen LogP contribution in [-0.4, -0.2) is 6.54 Å². The van der Waals surface area contributed by atoms with E-state index in [9.17, 15) is 0 Å². The summed E-state index contributed by atoms with van der Waals surface area (Å²) >= 11 is 3.47. The lowest BCUT2D eigenvalue weighted by molar-refractivity contribution is 0.730. The van der Waals surface area contributed by atoms with Crippen molar-refractivity contribution in [3.05, 3.63) is 99.5 Å². The van der Waals surface area contributed by atoms with E-state index in [0.717, 1.165) is 35.1 Å². The van der Waals surface area contributed by atoms with Crippen molar-refractivity contribution in [1.82, 2.24) is 0 Å². The van der Waals surface area contributed by atoms with Crippen LogP contribution in [-0.2, 0) is 13.0 Å². The predicted octanol–water partition coefficient (Wildman–Crippen LogP) is 5.41. The number of anilines is 1. The molecule has 0 atom stereocenters. The van der Waals surface area contributed by atoms with Crippen LogP contribution in [0.3, 0.4) is 0 Å². The summed E-state index contributed by atoms with van der Waals surface area (Å²) in [7, 11) is 0. The van der Waals surface area contributed by atoms with Gasteiger partial charge in [0.1, 0.15) is 0 Å². The zero-order valence-corrected chi connectivity index (χ0v) is 15.5. The van der Waals surface area contributed by atoms with Gasteiger partial charge < -0.3 is 4.90 Å². The summed E-state index contributed by atoms with van der Waals surface area (Å²) in [5, 5.41) is 0. The molecular formula is C23H18BrN. The molecule has 3 aromatic carbocycles. The van der Waals surface area contributed by atoms with E-state index < -0.39 is 0 Å². The fourth-order valence-corrected chi connectivity index (χ4v) is 3.49. The molecule has 0 spiro atoms. The predicted molar refractivity (Wildman–Crippen MR) is 108 cm³/mol. The molecule has 3 aromatic rings. The minimum Gasteiger partial charge on any atom is -0.367 e. The number of para-hydroxylation sites is 1. The van der Waals surface area contributed by atoms with Gasteiger partial charge in [-0.25, -0.2) is 0 Å². The molecular weight excluding hydrogens is 370 g/mol. The fraction of sp³-hybridized carbons (Fsp3) is 0.130. The van der Waals surface area contributed by atoms with E-state index in [1.807, 2.05) is 24.3 Å². The summed E-state index contributed by atoms with van der Waals surface area (Å²) in [5.41, 5.74) is 6.25. The maximum atomic E-state index is 3.47. The third-order valence-electron chi connectivity index (χ3n) is 4.58. The van der Waals surface area contributed by atoms with E-state index >= 15 is 0 Å². The Kier molecular flexibility index (Phi) is 4.59. The van der Waals surface area contributed by atoms with E-state index in [0.29, 0.717) is 0 Å². The number of rotatable bonds is 1. The van der Waals surface area contributed by atoms with Crippen LogP contribution in [0, 0.1) is 11.8 Å². The first kappa shape index (κ1) is 16.0. The van der Waals surface area contributed by atoms with Crippen molar-refractivity contribution < 1.29 is 0 Å². The first-order chi connectivity index (χ1) is 12.3. The molecule has 0 saturated heterocycles. The summed E-state index contributed by atoms with van der Waals surface area (Å²) in [6, 6.07) is 25.3. The lowest BCUT2D eigenvalue weighted by atomic mass is 9.94. The van der Waals surface area contributed by atoms with E-state index in [4.69, 9.17) is 0 Å². The second-order valence-corrected chi connectivity index (χ2v) is 7.12. The molecule has 0 bridgehead atoms. The first-order valence-electron chi connectivity index (χ1n) is 8.48. The van der Waals surface area contributed by atoms with Crippen molar-refractivity contribution in [3.8, 4) is 11.8 Å². The highest BCUT2D eigenvalue weighted by atomic mass is 79.9. The highest BCUT2D eigenvalue weighted by Gasteiger charge is 2.18. The maximum absolute atomic E-state index is 3.47. The van der Waals surface area contributed by atoms with Gasteiger partial charge in [-0.15, -0.1) is 0 Å². The summed E-state index contributed by atoms with van der Waals surface area (Å²) < 4.78 is 1.08. The Hall–Kier alpha value is -2.50. The molecule has 4 rings (SSSR count). The molecule has 122 valence electrons. The van der Waals surface area contributed by atoms with Gasteiger partial charge in [-0.05, 0) is 60.0 Å². The smallest absolute Gasteiger partial charge is 0.0444 e. The summed E-state index contributed by atoms with van der Waals surface area (Å²) in [6.45, 7) is 1.98. The van der Waals surface area contributed by atoms with Gasteiger partial charge in [0, 0.05) is 34.4 Å². The molecule has 0 aromatic heterocycles. The highest BCUT2D eigenvalue weighted by Crippen LogP contribution is 2.26. The molecule has 0 fully saturated rings. The van der Waals surface area contributed by atoms with Gasteiger partial charge in [-0.2, -0.15) is 0 Å². The number of fused-ring (bicyclic) bond motifs is 1. The van der Waals surface area contributed by atoms with Crippen molar-refractivity contribution in [1.29, 1.82) is 0 Å². The van der Waals surface area contributed by atoms with Gasteiger partial charge >= 0.3 is 0 Å². The van der Waals surface area contributed by atoms with Crippen molar-refractivity contribution in [3.63, 3.8) is 0 Å². The zero-order valence-electron chi connectivity index (χ0n) is 13.9. The molecule has 1 aliphatic rings.